The van der Waals surface area contributed by atoms with Crippen LogP contribution in [0.5, 0.6) is 0 Å². The van der Waals surface area contributed by atoms with E-state index in [1.54, 1.807) is 0 Å². The van der Waals surface area contributed by atoms with Crippen LogP contribution >= 0.6 is 11.8 Å². The molecule has 1 aliphatic rings. The molecule has 0 unspecified atom stereocenters. The Balaban J connectivity index is 1.78. The molecule has 0 spiro atoms. The minimum atomic E-state index is 1.23. The number of hydrogen-bond acceptors (Lipinski definition) is 2. The van der Waals surface area contributed by atoms with Crippen LogP contribution in [0.2, 0.25) is 0 Å². The molecule has 0 amide bonds. The molecule has 150 valence electrons. The Kier molecular flexibility index (Phi) is 6.83. The molecule has 0 radical (unpaired) electrons. The highest BCUT2D eigenvalue weighted by molar-refractivity contribution is 8.03. The SMILES string of the molecule is C/C=C(/C=C/C(C)=C/C=C1\Sc2cc(C)c(C)cc2N1C)c1ccccc1[NH2+]C. The van der Waals surface area contributed by atoms with Gasteiger partial charge in [-0.3, -0.25) is 0 Å². The summed E-state index contributed by atoms with van der Waals surface area (Å²) in [6.45, 7) is 8.61. The Bertz CT molecular complexity index is 1020. The van der Waals surface area contributed by atoms with Crippen LogP contribution in [0.3, 0.4) is 0 Å². The van der Waals surface area contributed by atoms with Crippen molar-refractivity contribution in [3.63, 3.8) is 0 Å². The van der Waals surface area contributed by atoms with Crippen LogP contribution in [0.25, 0.3) is 5.57 Å². The van der Waals surface area contributed by atoms with E-state index in [1.807, 2.05) is 11.8 Å². The molecule has 0 aliphatic carbocycles. The maximum Gasteiger partial charge on any atom is 0.137 e. The second-order valence-corrected chi connectivity index (χ2v) is 8.50. The Labute approximate surface area is 179 Å². The zero-order chi connectivity index (χ0) is 21.0. The van der Waals surface area contributed by atoms with E-state index in [9.17, 15) is 0 Å². The van der Waals surface area contributed by atoms with Gasteiger partial charge in [0.15, 0.2) is 0 Å². The molecule has 1 heterocycles. The van der Waals surface area contributed by atoms with E-state index in [1.165, 1.54) is 49.1 Å². The number of para-hydroxylation sites is 1. The van der Waals surface area contributed by atoms with E-state index in [0.717, 1.165) is 0 Å². The number of aryl methyl sites for hydroxylation is 2. The first-order chi connectivity index (χ1) is 13.9. The fourth-order valence-corrected chi connectivity index (χ4v) is 4.53. The first-order valence-corrected chi connectivity index (χ1v) is 10.9. The van der Waals surface area contributed by atoms with Gasteiger partial charge in [0.05, 0.1) is 17.8 Å². The number of quaternary nitrogens is 1. The van der Waals surface area contributed by atoms with Crippen LogP contribution in [-0.4, -0.2) is 14.1 Å². The maximum absolute atomic E-state index is 2.30. The molecule has 0 atom stereocenters. The van der Waals surface area contributed by atoms with E-state index in [4.69, 9.17) is 0 Å². The van der Waals surface area contributed by atoms with Gasteiger partial charge in [0.2, 0.25) is 0 Å². The highest BCUT2D eigenvalue weighted by Gasteiger charge is 2.22. The maximum atomic E-state index is 2.30. The van der Waals surface area contributed by atoms with Gasteiger partial charge in [-0.15, -0.1) is 0 Å². The van der Waals surface area contributed by atoms with Crippen LogP contribution in [-0.2, 0) is 0 Å². The number of nitrogens with zero attached hydrogens (tertiary/aromatic N) is 1. The first kappa shape index (κ1) is 21.2. The predicted octanol–water partition coefficient (Wildman–Crippen LogP) is 6.12. The first-order valence-electron chi connectivity index (χ1n) is 10.1. The summed E-state index contributed by atoms with van der Waals surface area (Å²) in [5, 5.41) is 3.42. The van der Waals surface area contributed by atoms with Crippen LogP contribution in [0.4, 0.5) is 11.4 Å². The van der Waals surface area contributed by atoms with Crippen LogP contribution in [0, 0.1) is 13.8 Å². The molecule has 0 fully saturated rings. The third kappa shape index (κ3) is 4.75. The summed E-state index contributed by atoms with van der Waals surface area (Å²) in [5.74, 6) is 0. The molecule has 29 heavy (non-hydrogen) atoms. The quantitative estimate of drug-likeness (QED) is 0.479. The number of allylic oxidation sites excluding steroid dienone is 7. The number of nitrogens with two attached hydrogens (primary N) is 1. The zero-order valence-electron chi connectivity index (χ0n) is 18.3. The zero-order valence-corrected chi connectivity index (χ0v) is 19.1. The fraction of sp³-hybridized carbons (Fsp3) is 0.231. The summed E-state index contributed by atoms with van der Waals surface area (Å²) >= 11 is 1.84. The van der Waals surface area contributed by atoms with Crippen LogP contribution < -0.4 is 10.2 Å². The van der Waals surface area contributed by atoms with Gasteiger partial charge in [0.25, 0.3) is 0 Å². The Hall–Kier alpha value is -2.49. The lowest BCUT2D eigenvalue weighted by Crippen LogP contribution is -2.73. The third-order valence-electron chi connectivity index (χ3n) is 5.39. The van der Waals surface area contributed by atoms with Crippen molar-refractivity contribution in [1.82, 2.24) is 0 Å². The van der Waals surface area contributed by atoms with E-state index in [0.29, 0.717) is 0 Å². The van der Waals surface area contributed by atoms with E-state index >= 15 is 0 Å². The lowest BCUT2D eigenvalue weighted by Gasteiger charge is -2.14. The van der Waals surface area contributed by atoms with E-state index in [-0.39, 0.29) is 0 Å². The van der Waals surface area contributed by atoms with Crippen molar-refractivity contribution in [3.8, 4) is 0 Å². The smallest absolute Gasteiger partial charge is 0.137 e. The lowest BCUT2D eigenvalue weighted by molar-refractivity contribution is -0.539. The third-order valence-corrected chi connectivity index (χ3v) is 6.56. The second-order valence-electron chi connectivity index (χ2n) is 7.43. The van der Waals surface area contributed by atoms with Gasteiger partial charge < -0.3 is 10.2 Å². The Morgan fingerprint density at radius 1 is 1.07 bits per heavy atom. The summed E-state index contributed by atoms with van der Waals surface area (Å²) in [6.07, 6.45) is 11.0. The van der Waals surface area contributed by atoms with Crippen molar-refractivity contribution in [3.05, 3.63) is 94.1 Å². The van der Waals surface area contributed by atoms with Crippen molar-refractivity contribution in [2.75, 3.05) is 19.0 Å². The summed E-state index contributed by atoms with van der Waals surface area (Å²) in [5.41, 5.74) is 9.00. The molecule has 0 aromatic heterocycles. The molecule has 0 saturated heterocycles. The minimum Gasteiger partial charge on any atom is -0.338 e. The number of benzene rings is 2. The Morgan fingerprint density at radius 2 is 1.79 bits per heavy atom. The molecule has 0 bridgehead atoms. The summed E-state index contributed by atoms with van der Waals surface area (Å²) in [7, 11) is 4.23. The second kappa shape index (κ2) is 9.34. The molecule has 0 saturated carbocycles. The molecule has 3 heteroatoms. The fourth-order valence-electron chi connectivity index (χ4n) is 3.40. The summed E-state index contributed by atoms with van der Waals surface area (Å²) in [6, 6.07) is 13.1. The van der Waals surface area contributed by atoms with Crippen LogP contribution in [0.15, 0.2) is 82.3 Å². The number of thioether (sulfide) groups is 1. The van der Waals surface area contributed by atoms with Crippen molar-refractivity contribution in [1.29, 1.82) is 0 Å². The summed E-state index contributed by atoms with van der Waals surface area (Å²) < 4.78 is 0. The molecule has 2 nitrogen and oxygen atoms in total. The average molecular weight is 404 g/mol. The standard InChI is InChI=1S/C26H30N2S/c1-7-21(22-10-8-9-11-23(22)27-5)14-12-18(2)13-15-26-28(6)24-16-19(3)20(4)17-25(24)29-26/h7-17,27H,1-6H3/p+1/b14-12+,18-13+,21-7-,26-15-. The van der Waals surface area contributed by atoms with Crippen molar-refractivity contribution in [2.24, 2.45) is 0 Å². The van der Waals surface area contributed by atoms with Gasteiger partial charge in [-0.1, -0.05) is 53.8 Å². The normalized spacial score (nSPS) is 16.2. The van der Waals surface area contributed by atoms with Crippen molar-refractivity contribution in [2.45, 2.75) is 32.6 Å². The van der Waals surface area contributed by atoms with Gasteiger partial charge in [-0.25, -0.2) is 0 Å². The summed E-state index contributed by atoms with van der Waals surface area (Å²) in [4.78, 5) is 3.62. The number of rotatable bonds is 5. The molecule has 2 N–H and O–H groups in total. The highest BCUT2D eigenvalue weighted by atomic mass is 32.2. The van der Waals surface area contributed by atoms with Crippen molar-refractivity contribution < 1.29 is 5.32 Å². The van der Waals surface area contributed by atoms with Crippen LogP contribution in [0.1, 0.15) is 30.5 Å². The molecule has 3 rings (SSSR count). The molecular formula is C26H31N2S+. The van der Waals surface area contributed by atoms with Gasteiger partial charge in [-0.05, 0) is 74.7 Å². The van der Waals surface area contributed by atoms with Gasteiger partial charge >= 0.3 is 0 Å². The number of fused-ring (bicyclic) bond motifs is 1. The lowest BCUT2D eigenvalue weighted by atomic mass is 10.0. The van der Waals surface area contributed by atoms with Gasteiger partial charge in [-0.2, -0.15) is 0 Å². The molecule has 2 aromatic carbocycles. The number of anilines is 1. The minimum absolute atomic E-state index is 1.23. The monoisotopic (exact) mass is 403 g/mol. The topological polar surface area (TPSA) is 19.9 Å². The van der Waals surface area contributed by atoms with Crippen molar-refractivity contribution >= 4 is 28.7 Å². The highest BCUT2D eigenvalue weighted by Crippen LogP contribution is 2.46. The van der Waals surface area contributed by atoms with Gasteiger partial charge in [0, 0.05) is 17.5 Å². The average Bonchev–Trinajstić information content (AvgIpc) is 3.02. The van der Waals surface area contributed by atoms with E-state index < -0.39 is 0 Å². The van der Waals surface area contributed by atoms with E-state index in [2.05, 4.69) is 119 Å². The molecule has 1 aliphatic heterocycles. The molecular weight excluding hydrogens is 372 g/mol. The predicted molar refractivity (Wildman–Crippen MR) is 129 cm³/mol. The largest absolute Gasteiger partial charge is 0.338 e. The van der Waals surface area contributed by atoms with Gasteiger partial charge in [0.1, 0.15) is 5.69 Å². The Morgan fingerprint density at radius 3 is 2.52 bits per heavy atom. The molecule has 2 aromatic rings. The number of hydrogen-bond donors (Lipinski definition) is 1.